The highest BCUT2D eigenvalue weighted by Gasteiger charge is 2.18. The second-order valence-corrected chi connectivity index (χ2v) is 7.39. The Kier molecular flexibility index (Phi) is 6.34. The van der Waals surface area contributed by atoms with Crippen LogP contribution in [0.5, 0.6) is 11.5 Å². The van der Waals surface area contributed by atoms with Gasteiger partial charge in [0.2, 0.25) is 0 Å². The summed E-state index contributed by atoms with van der Waals surface area (Å²) in [6.45, 7) is 0.499. The number of nitrogens with one attached hydrogen (secondary N) is 3. The number of anilines is 2. The van der Waals surface area contributed by atoms with Crippen molar-refractivity contribution < 1.29 is 18.7 Å². The molecule has 8 nitrogen and oxygen atoms in total. The fraction of sp³-hybridized carbons (Fsp3) is 0.261. The van der Waals surface area contributed by atoms with Crippen molar-refractivity contribution in [2.24, 2.45) is 0 Å². The van der Waals surface area contributed by atoms with Crippen LogP contribution in [0.4, 0.5) is 15.8 Å². The minimum atomic E-state index is -0.555. The van der Waals surface area contributed by atoms with Gasteiger partial charge in [-0.1, -0.05) is 6.07 Å². The Hall–Kier alpha value is -3.88. The van der Waals surface area contributed by atoms with Crippen LogP contribution in [0, 0.1) is 5.82 Å². The number of amides is 1. The fourth-order valence-electron chi connectivity index (χ4n) is 3.56. The van der Waals surface area contributed by atoms with E-state index in [1.54, 1.807) is 43.5 Å². The molecule has 0 fully saturated rings. The van der Waals surface area contributed by atoms with Crippen molar-refractivity contribution >= 4 is 17.3 Å². The molecule has 166 valence electrons. The van der Waals surface area contributed by atoms with Gasteiger partial charge in [0.25, 0.3) is 11.5 Å². The lowest BCUT2D eigenvalue weighted by Gasteiger charge is -2.19. The highest BCUT2D eigenvalue weighted by Crippen LogP contribution is 2.25. The van der Waals surface area contributed by atoms with Gasteiger partial charge in [-0.2, -0.15) is 5.10 Å². The number of methoxy groups -OCH3 is 1. The number of H-pyrrole nitrogens is 1. The molecule has 2 aromatic carbocycles. The van der Waals surface area contributed by atoms with Crippen LogP contribution < -0.4 is 25.7 Å². The number of ether oxygens (including phenoxy) is 2. The normalized spacial score (nSPS) is 12.4. The summed E-state index contributed by atoms with van der Waals surface area (Å²) in [5.74, 6) is 0.130. The molecule has 1 aliphatic rings. The molecule has 0 bridgehead atoms. The molecule has 0 saturated carbocycles. The van der Waals surface area contributed by atoms with E-state index in [1.807, 2.05) is 0 Å². The lowest BCUT2D eigenvalue weighted by molar-refractivity contribution is -0.118. The summed E-state index contributed by atoms with van der Waals surface area (Å²) < 4.78 is 24.8. The largest absolute Gasteiger partial charge is 0.497 e. The van der Waals surface area contributed by atoms with Gasteiger partial charge in [0.15, 0.2) is 6.61 Å². The van der Waals surface area contributed by atoms with Crippen molar-refractivity contribution in [3.05, 3.63) is 75.5 Å². The van der Waals surface area contributed by atoms with Gasteiger partial charge in [-0.15, -0.1) is 0 Å². The minimum Gasteiger partial charge on any atom is -0.497 e. The molecule has 1 aromatic heterocycles. The zero-order chi connectivity index (χ0) is 22.5. The second-order valence-electron chi connectivity index (χ2n) is 7.39. The van der Waals surface area contributed by atoms with Gasteiger partial charge in [-0.25, -0.2) is 9.49 Å². The molecule has 0 aliphatic carbocycles. The van der Waals surface area contributed by atoms with Crippen molar-refractivity contribution in [1.29, 1.82) is 0 Å². The first-order chi connectivity index (χ1) is 15.5. The highest BCUT2D eigenvalue weighted by atomic mass is 19.1. The number of nitrogens with zero attached hydrogens (tertiary/aromatic N) is 1. The first-order valence-electron chi connectivity index (χ1n) is 10.2. The van der Waals surface area contributed by atoms with E-state index in [2.05, 4.69) is 20.8 Å². The number of fused-ring (bicyclic) bond motifs is 1. The van der Waals surface area contributed by atoms with Gasteiger partial charge in [-0.05, 0) is 54.8 Å². The van der Waals surface area contributed by atoms with Gasteiger partial charge in [0, 0.05) is 18.5 Å². The number of hydrogen-bond donors (Lipinski definition) is 3. The summed E-state index contributed by atoms with van der Waals surface area (Å²) in [6, 6.07) is 11.3. The third-order valence-electron chi connectivity index (χ3n) is 5.17. The monoisotopic (exact) mass is 438 g/mol. The van der Waals surface area contributed by atoms with E-state index in [4.69, 9.17) is 9.47 Å². The van der Waals surface area contributed by atoms with Crippen LogP contribution in [0.2, 0.25) is 0 Å². The predicted octanol–water partition coefficient (Wildman–Crippen LogP) is 2.88. The third-order valence-corrected chi connectivity index (χ3v) is 5.17. The standard InChI is InChI=1S/C23H23FN4O4/c1-31-15-5-7-16(8-6-15)32-13-21(29)26-19-11-14(4-9-18(19)24)12-20-22-17(3-2-10-25-22)23(30)28-27-20/h4-9,11,25H,2-3,10,12-13H2,1H3,(H,26,29)(H,28,30). The average molecular weight is 438 g/mol. The number of aromatic nitrogens is 2. The zero-order valence-electron chi connectivity index (χ0n) is 17.5. The summed E-state index contributed by atoms with van der Waals surface area (Å²) in [4.78, 5) is 24.3. The maximum absolute atomic E-state index is 14.3. The molecule has 2 heterocycles. The van der Waals surface area contributed by atoms with E-state index in [9.17, 15) is 14.0 Å². The van der Waals surface area contributed by atoms with Crippen LogP contribution in [0.15, 0.2) is 47.3 Å². The zero-order valence-corrected chi connectivity index (χ0v) is 17.5. The predicted molar refractivity (Wildman–Crippen MR) is 118 cm³/mol. The number of benzene rings is 2. The number of aromatic amines is 1. The fourth-order valence-corrected chi connectivity index (χ4v) is 3.56. The molecule has 0 saturated heterocycles. The number of rotatable bonds is 7. The maximum atomic E-state index is 14.3. The summed E-state index contributed by atoms with van der Waals surface area (Å²) in [7, 11) is 1.56. The van der Waals surface area contributed by atoms with Crippen LogP contribution in [0.3, 0.4) is 0 Å². The van der Waals surface area contributed by atoms with Crippen molar-refractivity contribution in [3.63, 3.8) is 0 Å². The number of hydrogen-bond acceptors (Lipinski definition) is 6. The van der Waals surface area contributed by atoms with Gasteiger partial charge in [0.05, 0.1) is 24.2 Å². The van der Waals surface area contributed by atoms with Crippen molar-refractivity contribution in [2.75, 3.05) is 30.9 Å². The summed E-state index contributed by atoms with van der Waals surface area (Å²) in [5.41, 5.74) is 2.70. The molecule has 3 N–H and O–H groups in total. The van der Waals surface area contributed by atoms with E-state index >= 15 is 0 Å². The second kappa shape index (κ2) is 9.51. The molecule has 32 heavy (non-hydrogen) atoms. The Bertz CT molecular complexity index is 1180. The summed E-state index contributed by atoms with van der Waals surface area (Å²) in [6.07, 6.45) is 1.94. The van der Waals surface area contributed by atoms with Gasteiger partial charge in [-0.3, -0.25) is 9.59 Å². The van der Waals surface area contributed by atoms with Crippen LogP contribution in [-0.4, -0.2) is 36.4 Å². The van der Waals surface area contributed by atoms with Crippen LogP contribution in [0.1, 0.15) is 23.2 Å². The maximum Gasteiger partial charge on any atom is 0.269 e. The molecular weight excluding hydrogens is 415 g/mol. The topological polar surface area (TPSA) is 105 Å². The Morgan fingerprint density at radius 1 is 1.19 bits per heavy atom. The van der Waals surface area contributed by atoms with Crippen molar-refractivity contribution in [1.82, 2.24) is 10.2 Å². The van der Waals surface area contributed by atoms with E-state index < -0.39 is 11.7 Å². The number of carbonyl (C=O) groups is 1. The smallest absolute Gasteiger partial charge is 0.269 e. The first-order valence-corrected chi connectivity index (χ1v) is 10.2. The number of halogens is 1. The summed E-state index contributed by atoms with van der Waals surface area (Å²) >= 11 is 0. The molecule has 0 unspecified atom stereocenters. The Labute approximate surface area is 183 Å². The molecule has 1 aliphatic heterocycles. The molecule has 1 amide bonds. The molecular formula is C23H23FN4O4. The van der Waals surface area contributed by atoms with Crippen LogP contribution in [0.25, 0.3) is 0 Å². The lowest BCUT2D eigenvalue weighted by Crippen LogP contribution is -2.25. The highest BCUT2D eigenvalue weighted by molar-refractivity contribution is 5.92. The molecule has 3 aromatic rings. The minimum absolute atomic E-state index is 0.0529. The quantitative estimate of drug-likeness (QED) is 0.524. The molecule has 9 heteroatoms. The molecule has 0 atom stereocenters. The molecule has 4 rings (SSSR count). The van der Waals surface area contributed by atoms with Crippen molar-refractivity contribution in [2.45, 2.75) is 19.3 Å². The van der Waals surface area contributed by atoms with Crippen LogP contribution >= 0.6 is 0 Å². The third kappa shape index (κ3) is 4.88. The van der Waals surface area contributed by atoms with Gasteiger partial charge < -0.3 is 20.1 Å². The Morgan fingerprint density at radius 2 is 1.97 bits per heavy atom. The van der Waals surface area contributed by atoms with Crippen molar-refractivity contribution in [3.8, 4) is 11.5 Å². The Morgan fingerprint density at radius 3 is 2.75 bits per heavy atom. The number of carbonyl (C=O) groups excluding carboxylic acids is 1. The summed E-state index contributed by atoms with van der Waals surface area (Å²) in [5, 5.41) is 12.5. The van der Waals surface area contributed by atoms with Crippen LogP contribution in [-0.2, 0) is 17.6 Å². The van der Waals surface area contributed by atoms with Gasteiger partial charge >= 0.3 is 0 Å². The molecule has 0 radical (unpaired) electrons. The lowest BCUT2D eigenvalue weighted by atomic mass is 10.0. The average Bonchev–Trinajstić information content (AvgIpc) is 2.82. The van der Waals surface area contributed by atoms with E-state index in [0.717, 1.165) is 24.2 Å². The Balaban J connectivity index is 1.43. The van der Waals surface area contributed by atoms with E-state index in [1.165, 1.54) is 6.07 Å². The first kappa shape index (κ1) is 21.4. The SMILES string of the molecule is COc1ccc(OCC(=O)Nc2cc(Cc3n[nH]c(=O)c4c3NCCC4)ccc2F)cc1. The van der Waals surface area contributed by atoms with Gasteiger partial charge in [0.1, 0.15) is 17.3 Å². The molecule has 0 spiro atoms. The van der Waals surface area contributed by atoms with E-state index in [0.29, 0.717) is 35.6 Å². The van der Waals surface area contributed by atoms with E-state index in [-0.39, 0.29) is 17.9 Å².